The highest BCUT2D eigenvalue weighted by Crippen LogP contribution is 2.32. The molecule has 1 aromatic carbocycles. The number of carbonyl (C=O) groups excluding carboxylic acids is 1. The zero-order valence-electron chi connectivity index (χ0n) is 19.4. The number of nitrogens with zero attached hydrogens (tertiary/aromatic N) is 1. The molecule has 2 fully saturated rings. The summed E-state index contributed by atoms with van der Waals surface area (Å²) in [6.45, 7) is 6.12. The Kier molecular flexibility index (Phi) is 7.16. The Morgan fingerprint density at radius 3 is 2.61 bits per heavy atom. The van der Waals surface area contributed by atoms with Crippen LogP contribution in [0.5, 0.6) is 5.75 Å². The van der Waals surface area contributed by atoms with Gasteiger partial charge in [-0.2, -0.15) is 11.8 Å². The number of halogens is 1. The first-order valence-electron chi connectivity index (χ1n) is 11.6. The average molecular weight is 478 g/mol. The summed E-state index contributed by atoms with van der Waals surface area (Å²) in [6.07, 6.45) is 5.59. The molecule has 0 saturated heterocycles. The summed E-state index contributed by atoms with van der Waals surface area (Å²) in [5, 5.41) is 3.33. The first-order chi connectivity index (χ1) is 15.7. The summed E-state index contributed by atoms with van der Waals surface area (Å²) < 4.78 is 25.5. The summed E-state index contributed by atoms with van der Waals surface area (Å²) in [5.41, 5.74) is -0.647. The normalized spacial score (nSPS) is 21.1. The van der Waals surface area contributed by atoms with E-state index in [0.29, 0.717) is 40.6 Å². The minimum atomic E-state index is -0.609. The first-order valence-corrected chi connectivity index (χ1v) is 12.7. The molecule has 7 nitrogen and oxygen atoms in total. The average Bonchev–Trinajstić information content (AvgIpc) is 3.54. The van der Waals surface area contributed by atoms with Crippen molar-refractivity contribution in [3.8, 4) is 5.75 Å². The van der Waals surface area contributed by atoms with Gasteiger partial charge >= 0.3 is 6.09 Å². The lowest BCUT2D eigenvalue weighted by atomic mass is 9.95. The Morgan fingerprint density at radius 1 is 1.21 bits per heavy atom. The topological polar surface area (TPSA) is 93.3 Å². The molecule has 0 spiro atoms. The number of rotatable bonds is 7. The van der Waals surface area contributed by atoms with E-state index in [1.165, 1.54) is 6.07 Å². The van der Waals surface area contributed by atoms with Gasteiger partial charge in [-0.25, -0.2) is 14.2 Å². The van der Waals surface area contributed by atoms with Crippen molar-refractivity contribution in [1.82, 2.24) is 15.3 Å². The predicted molar refractivity (Wildman–Crippen MR) is 127 cm³/mol. The first kappa shape index (κ1) is 23.9. The van der Waals surface area contributed by atoms with Crippen molar-refractivity contribution in [1.29, 1.82) is 0 Å². The van der Waals surface area contributed by atoms with Gasteiger partial charge in [0, 0.05) is 23.4 Å². The fourth-order valence-electron chi connectivity index (χ4n) is 3.94. The lowest BCUT2D eigenvalue weighted by Gasteiger charge is -2.29. The van der Waals surface area contributed by atoms with E-state index in [9.17, 15) is 14.0 Å². The van der Waals surface area contributed by atoms with E-state index in [-0.39, 0.29) is 17.5 Å². The van der Waals surface area contributed by atoms with Gasteiger partial charge in [0.15, 0.2) is 0 Å². The number of aromatic nitrogens is 2. The maximum Gasteiger partial charge on any atom is 0.407 e. The molecule has 1 aromatic heterocycles. The summed E-state index contributed by atoms with van der Waals surface area (Å²) in [6, 6.07) is 3.03. The number of nitrogens with one attached hydrogen (secondary N) is 2. The van der Waals surface area contributed by atoms with Crippen LogP contribution in [-0.2, 0) is 10.5 Å². The van der Waals surface area contributed by atoms with Gasteiger partial charge in [-0.05, 0) is 65.2 Å². The quantitative estimate of drug-likeness (QED) is 0.588. The number of aromatic amines is 1. The lowest BCUT2D eigenvalue weighted by Crippen LogP contribution is -2.41. The number of thioether (sulfide) groups is 1. The fourth-order valence-corrected chi connectivity index (χ4v) is 5.08. The Bertz CT molecular complexity index is 1060. The van der Waals surface area contributed by atoms with Crippen LogP contribution in [0.15, 0.2) is 16.9 Å². The van der Waals surface area contributed by atoms with Crippen LogP contribution < -0.4 is 15.6 Å². The van der Waals surface area contributed by atoms with E-state index < -0.39 is 17.0 Å². The standard InChI is InChI=1S/C24H32FN3O4S/c1-24(2,3)32-23(30)26-15-6-8-17(9-7-15)33-13-20-27-19-11-16(31-12-14-4-5-14)10-18(25)21(19)22(29)28-20/h10-11,14-15,17H,4-9,12-13H2,1-3H3,(H,26,30)(H,27,28,29)/t15-,17-. The van der Waals surface area contributed by atoms with Crippen LogP contribution in [0.2, 0.25) is 0 Å². The van der Waals surface area contributed by atoms with Gasteiger partial charge in [0.25, 0.3) is 5.56 Å². The molecule has 0 bridgehead atoms. The van der Waals surface area contributed by atoms with Gasteiger partial charge < -0.3 is 19.8 Å². The Balaban J connectivity index is 1.32. The van der Waals surface area contributed by atoms with E-state index in [2.05, 4.69) is 15.3 Å². The highest BCUT2D eigenvalue weighted by molar-refractivity contribution is 7.99. The SMILES string of the molecule is CC(C)(C)OC(=O)N[C@H]1CC[C@H](SCc2nc3cc(OCC4CC4)cc(F)c3c(=O)[nH]2)CC1. The number of H-pyrrole nitrogens is 1. The Morgan fingerprint density at radius 2 is 1.94 bits per heavy atom. The molecule has 2 aliphatic carbocycles. The molecule has 0 unspecified atom stereocenters. The molecule has 1 heterocycles. The third kappa shape index (κ3) is 6.85. The van der Waals surface area contributed by atoms with Crippen molar-refractivity contribution in [3.05, 3.63) is 34.1 Å². The zero-order valence-corrected chi connectivity index (χ0v) is 20.2. The van der Waals surface area contributed by atoms with Crippen molar-refractivity contribution in [3.63, 3.8) is 0 Å². The number of carbonyl (C=O) groups is 1. The molecule has 0 atom stereocenters. The van der Waals surface area contributed by atoms with Gasteiger partial charge in [0.05, 0.1) is 17.9 Å². The van der Waals surface area contributed by atoms with Gasteiger partial charge in [0.1, 0.15) is 28.4 Å². The third-order valence-electron chi connectivity index (χ3n) is 5.82. The molecular formula is C24H32FN3O4S. The molecule has 9 heteroatoms. The summed E-state index contributed by atoms with van der Waals surface area (Å²) >= 11 is 1.73. The molecule has 2 N–H and O–H groups in total. The largest absolute Gasteiger partial charge is 0.493 e. The molecule has 2 aromatic rings. The third-order valence-corrected chi connectivity index (χ3v) is 7.20. The van der Waals surface area contributed by atoms with Crippen molar-refractivity contribution >= 4 is 28.8 Å². The minimum Gasteiger partial charge on any atom is -0.493 e. The molecular weight excluding hydrogens is 445 g/mol. The van der Waals surface area contributed by atoms with Gasteiger partial charge in [-0.1, -0.05) is 0 Å². The molecule has 0 aliphatic heterocycles. The van der Waals surface area contributed by atoms with Gasteiger partial charge in [-0.15, -0.1) is 0 Å². The van der Waals surface area contributed by atoms with Crippen molar-refractivity contribution in [2.75, 3.05) is 6.61 Å². The Hall–Kier alpha value is -2.29. The molecule has 2 aliphatic rings. The lowest BCUT2D eigenvalue weighted by molar-refractivity contribution is 0.0493. The number of hydrogen-bond acceptors (Lipinski definition) is 6. The van der Waals surface area contributed by atoms with Gasteiger partial charge in [0.2, 0.25) is 0 Å². The van der Waals surface area contributed by atoms with Crippen molar-refractivity contribution in [2.24, 2.45) is 5.92 Å². The number of fused-ring (bicyclic) bond motifs is 1. The van der Waals surface area contributed by atoms with Crippen molar-refractivity contribution in [2.45, 2.75) is 81.9 Å². The number of alkyl carbamates (subject to hydrolysis) is 1. The van der Waals surface area contributed by atoms with Crippen LogP contribution in [0, 0.1) is 11.7 Å². The van der Waals surface area contributed by atoms with E-state index >= 15 is 0 Å². The zero-order chi connectivity index (χ0) is 23.6. The highest BCUT2D eigenvalue weighted by atomic mass is 32.2. The molecule has 1 amide bonds. The number of benzene rings is 1. The van der Waals surface area contributed by atoms with E-state index in [1.807, 2.05) is 20.8 Å². The summed E-state index contributed by atoms with van der Waals surface area (Å²) in [5.74, 6) is 1.43. The monoisotopic (exact) mass is 477 g/mol. The molecule has 33 heavy (non-hydrogen) atoms. The number of hydrogen-bond donors (Lipinski definition) is 2. The molecule has 4 rings (SSSR count). The Labute approximate surface area is 197 Å². The highest BCUT2D eigenvalue weighted by Gasteiger charge is 2.25. The second-order valence-corrected chi connectivity index (χ2v) is 11.3. The van der Waals surface area contributed by atoms with Crippen LogP contribution in [0.25, 0.3) is 10.9 Å². The maximum absolute atomic E-state index is 14.5. The van der Waals surface area contributed by atoms with Crippen LogP contribution in [0.3, 0.4) is 0 Å². The fraction of sp³-hybridized carbons (Fsp3) is 0.625. The summed E-state index contributed by atoms with van der Waals surface area (Å²) in [4.78, 5) is 31.7. The molecule has 2 saturated carbocycles. The molecule has 0 radical (unpaired) electrons. The van der Waals surface area contributed by atoms with E-state index in [1.54, 1.807) is 17.8 Å². The molecule has 180 valence electrons. The van der Waals surface area contributed by atoms with Gasteiger partial charge in [-0.3, -0.25) is 4.79 Å². The second-order valence-electron chi connectivity index (χ2n) is 10.00. The second kappa shape index (κ2) is 9.91. The number of amides is 1. The summed E-state index contributed by atoms with van der Waals surface area (Å²) in [7, 11) is 0. The van der Waals surface area contributed by atoms with Crippen LogP contribution in [0.1, 0.15) is 65.1 Å². The minimum absolute atomic E-state index is 0.0313. The van der Waals surface area contributed by atoms with E-state index in [0.717, 1.165) is 38.5 Å². The van der Waals surface area contributed by atoms with E-state index in [4.69, 9.17) is 9.47 Å². The predicted octanol–water partition coefficient (Wildman–Crippen LogP) is 4.92. The van der Waals surface area contributed by atoms with Crippen LogP contribution in [-0.4, -0.2) is 39.6 Å². The maximum atomic E-state index is 14.5. The number of ether oxygens (including phenoxy) is 2. The van der Waals surface area contributed by atoms with Crippen LogP contribution >= 0.6 is 11.8 Å². The van der Waals surface area contributed by atoms with Crippen LogP contribution in [0.4, 0.5) is 9.18 Å². The van der Waals surface area contributed by atoms with Crippen molar-refractivity contribution < 1.29 is 18.7 Å². The smallest absolute Gasteiger partial charge is 0.407 e.